The standard InChI is InChI=1S/C26H24N2O5/c1-18-11-13-19(14-12-18)25(31)21-9-5-6-10-22(21)26(32)33-17-24(30)28(16-15-23(27)29)20-7-3-2-4-8-20/h2-14H,15-17H2,1H3,(H2,27,29). The number of carbonyl (C=O) groups is 4. The van der Waals surface area contributed by atoms with Crippen LogP contribution >= 0.6 is 0 Å². The molecule has 0 aromatic heterocycles. The lowest BCUT2D eigenvalue weighted by Crippen LogP contribution is -2.37. The molecule has 0 spiro atoms. The van der Waals surface area contributed by atoms with Crippen LogP contribution in [0.1, 0.15) is 38.3 Å². The van der Waals surface area contributed by atoms with Gasteiger partial charge < -0.3 is 15.4 Å². The Labute approximate surface area is 191 Å². The lowest BCUT2D eigenvalue weighted by atomic mass is 9.98. The maximum absolute atomic E-state index is 12.9. The number of esters is 1. The lowest BCUT2D eigenvalue weighted by molar-refractivity contribution is -0.121. The van der Waals surface area contributed by atoms with E-state index < -0.39 is 24.4 Å². The van der Waals surface area contributed by atoms with Crippen molar-refractivity contribution >= 4 is 29.3 Å². The van der Waals surface area contributed by atoms with E-state index in [9.17, 15) is 19.2 Å². The van der Waals surface area contributed by atoms with E-state index in [1.807, 2.05) is 19.1 Å². The number of para-hydroxylation sites is 1. The van der Waals surface area contributed by atoms with Gasteiger partial charge in [0.1, 0.15) is 0 Å². The van der Waals surface area contributed by atoms with Crippen LogP contribution in [0.2, 0.25) is 0 Å². The topological polar surface area (TPSA) is 107 Å². The van der Waals surface area contributed by atoms with E-state index in [2.05, 4.69) is 0 Å². The first-order valence-corrected chi connectivity index (χ1v) is 10.4. The molecule has 3 aromatic carbocycles. The van der Waals surface area contributed by atoms with Gasteiger partial charge >= 0.3 is 5.97 Å². The molecule has 0 heterocycles. The third-order valence-electron chi connectivity index (χ3n) is 4.98. The number of ether oxygens (including phenoxy) is 1. The van der Waals surface area contributed by atoms with Gasteiger partial charge in [-0.25, -0.2) is 4.79 Å². The number of amides is 2. The Kier molecular flexibility index (Phi) is 7.70. The Morgan fingerprint density at radius 3 is 2.06 bits per heavy atom. The molecule has 0 atom stereocenters. The zero-order valence-corrected chi connectivity index (χ0v) is 18.2. The van der Waals surface area contributed by atoms with Gasteiger partial charge in [0.05, 0.1) is 5.56 Å². The van der Waals surface area contributed by atoms with Crippen molar-refractivity contribution in [2.75, 3.05) is 18.1 Å². The number of primary amides is 1. The van der Waals surface area contributed by atoms with Crippen LogP contribution < -0.4 is 10.6 Å². The van der Waals surface area contributed by atoms with Gasteiger partial charge in [0.15, 0.2) is 12.4 Å². The maximum atomic E-state index is 12.9. The quantitative estimate of drug-likeness (QED) is 0.403. The van der Waals surface area contributed by atoms with Crippen molar-refractivity contribution in [3.8, 4) is 0 Å². The number of hydrogen-bond acceptors (Lipinski definition) is 5. The van der Waals surface area contributed by atoms with E-state index in [0.29, 0.717) is 11.3 Å². The van der Waals surface area contributed by atoms with Crippen LogP contribution in [0, 0.1) is 6.92 Å². The van der Waals surface area contributed by atoms with Crippen LogP contribution in [0.15, 0.2) is 78.9 Å². The molecule has 2 amide bonds. The Morgan fingerprint density at radius 2 is 1.42 bits per heavy atom. The highest BCUT2D eigenvalue weighted by Crippen LogP contribution is 2.18. The third kappa shape index (κ3) is 6.13. The SMILES string of the molecule is Cc1ccc(C(=O)c2ccccc2C(=O)OCC(=O)N(CCC(N)=O)c2ccccc2)cc1. The van der Waals surface area contributed by atoms with Crippen molar-refractivity contribution in [3.05, 3.63) is 101 Å². The molecule has 33 heavy (non-hydrogen) atoms. The summed E-state index contributed by atoms with van der Waals surface area (Å²) in [4.78, 5) is 51.0. The molecule has 3 rings (SSSR count). The molecular formula is C26H24N2O5. The largest absolute Gasteiger partial charge is 0.452 e. The Bertz CT molecular complexity index is 1160. The predicted molar refractivity (Wildman–Crippen MR) is 124 cm³/mol. The summed E-state index contributed by atoms with van der Waals surface area (Å²) in [7, 11) is 0. The van der Waals surface area contributed by atoms with Crippen molar-refractivity contribution < 1.29 is 23.9 Å². The summed E-state index contributed by atoms with van der Waals surface area (Å²) in [5, 5.41) is 0. The third-order valence-corrected chi connectivity index (χ3v) is 4.98. The van der Waals surface area contributed by atoms with Crippen LogP contribution in [0.25, 0.3) is 0 Å². The van der Waals surface area contributed by atoms with E-state index >= 15 is 0 Å². The van der Waals surface area contributed by atoms with Gasteiger partial charge in [0, 0.05) is 29.8 Å². The second-order valence-electron chi connectivity index (χ2n) is 7.41. The maximum Gasteiger partial charge on any atom is 0.339 e. The Balaban J connectivity index is 1.74. The molecular weight excluding hydrogens is 420 g/mol. The fraction of sp³-hybridized carbons (Fsp3) is 0.154. The summed E-state index contributed by atoms with van der Waals surface area (Å²) in [6.07, 6.45) is -0.0392. The van der Waals surface area contributed by atoms with E-state index in [-0.39, 0.29) is 29.9 Å². The highest BCUT2D eigenvalue weighted by Gasteiger charge is 2.22. The highest BCUT2D eigenvalue weighted by atomic mass is 16.5. The summed E-state index contributed by atoms with van der Waals surface area (Å²) < 4.78 is 5.25. The number of hydrogen-bond donors (Lipinski definition) is 1. The predicted octanol–water partition coefficient (Wildman–Crippen LogP) is 3.29. The average Bonchev–Trinajstić information content (AvgIpc) is 2.83. The van der Waals surface area contributed by atoms with Crippen molar-refractivity contribution in [2.45, 2.75) is 13.3 Å². The molecule has 0 aliphatic carbocycles. The first-order chi connectivity index (χ1) is 15.9. The van der Waals surface area contributed by atoms with Crippen LogP contribution in [0.5, 0.6) is 0 Å². The first kappa shape index (κ1) is 23.4. The van der Waals surface area contributed by atoms with Gasteiger partial charge in [-0.1, -0.05) is 66.2 Å². The second-order valence-corrected chi connectivity index (χ2v) is 7.41. The normalized spacial score (nSPS) is 10.3. The first-order valence-electron chi connectivity index (χ1n) is 10.4. The van der Waals surface area contributed by atoms with Crippen LogP contribution in [-0.2, 0) is 14.3 Å². The van der Waals surface area contributed by atoms with Gasteiger partial charge in [0.25, 0.3) is 5.91 Å². The molecule has 0 aliphatic rings. The van der Waals surface area contributed by atoms with Gasteiger partial charge in [-0.05, 0) is 25.1 Å². The number of rotatable bonds is 9. The average molecular weight is 444 g/mol. The molecule has 0 saturated carbocycles. The molecule has 7 nitrogen and oxygen atoms in total. The molecule has 7 heteroatoms. The molecule has 168 valence electrons. The molecule has 0 fully saturated rings. The summed E-state index contributed by atoms with van der Waals surface area (Å²) in [6, 6.07) is 22.0. The van der Waals surface area contributed by atoms with Crippen molar-refractivity contribution in [3.63, 3.8) is 0 Å². The second kappa shape index (κ2) is 10.9. The van der Waals surface area contributed by atoms with Gasteiger partial charge in [-0.15, -0.1) is 0 Å². The zero-order valence-electron chi connectivity index (χ0n) is 18.2. The molecule has 3 aromatic rings. The van der Waals surface area contributed by atoms with E-state index in [0.717, 1.165) is 5.56 Å². The van der Waals surface area contributed by atoms with Crippen LogP contribution in [0.4, 0.5) is 5.69 Å². The minimum absolute atomic E-state index is 0.0392. The summed E-state index contributed by atoms with van der Waals surface area (Å²) in [5.74, 6) is -2.18. The Hall–Kier alpha value is -4.26. The van der Waals surface area contributed by atoms with Gasteiger partial charge in [-0.2, -0.15) is 0 Å². The minimum atomic E-state index is -0.790. The number of ketones is 1. The van der Waals surface area contributed by atoms with Crippen LogP contribution in [0.3, 0.4) is 0 Å². The number of nitrogens with zero attached hydrogens (tertiary/aromatic N) is 1. The Morgan fingerprint density at radius 1 is 0.818 bits per heavy atom. The minimum Gasteiger partial charge on any atom is -0.452 e. The monoisotopic (exact) mass is 444 g/mol. The van der Waals surface area contributed by atoms with E-state index in [4.69, 9.17) is 10.5 Å². The zero-order chi connectivity index (χ0) is 23.8. The number of nitrogens with two attached hydrogens (primary N) is 1. The van der Waals surface area contributed by atoms with Crippen molar-refractivity contribution in [2.24, 2.45) is 5.73 Å². The summed E-state index contributed by atoms with van der Waals surface area (Å²) in [5.41, 5.74) is 7.49. The molecule has 0 aliphatic heterocycles. The number of anilines is 1. The molecule has 2 N–H and O–H groups in total. The summed E-state index contributed by atoms with van der Waals surface area (Å²) >= 11 is 0. The van der Waals surface area contributed by atoms with E-state index in [1.54, 1.807) is 60.7 Å². The fourth-order valence-corrected chi connectivity index (χ4v) is 3.23. The van der Waals surface area contributed by atoms with Gasteiger partial charge in [0.2, 0.25) is 5.91 Å². The molecule has 0 radical (unpaired) electrons. The van der Waals surface area contributed by atoms with Crippen molar-refractivity contribution in [1.29, 1.82) is 0 Å². The highest BCUT2D eigenvalue weighted by molar-refractivity contribution is 6.14. The smallest absolute Gasteiger partial charge is 0.339 e. The van der Waals surface area contributed by atoms with Crippen molar-refractivity contribution in [1.82, 2.24) is 0 Å². The molecule has 0 bridgehead atoms. The van der Waals surface area contributed by atoms with E-state index in [1.165, 1.54) is 11.0 Å². The number of aryl methyl sites for hydroxylation is 1. The summed E-state index contributed by atoms with van der Waals surface area (Å²) in [6.45, 7) is 1.41. The number of benzene rings is 3. The number of carbonyl (C=O) groups excluding carboxylic acids is 4. The van der Waals surface area contributed by atoms with Crippen LogP contribution in [-0.4, -0.2) is 36.7 Å². The molecule has 0 saturated heterocycles. The molecule has 0 unspecified atom stereocenters. The lowest BCUT2D eigenvalue weighted by Gasteiger charge is -2.22. The fourth-order valence-electron chi connectivity index (χ4n) is 3.23. The van der Waals surface area contributed by atoms with Gasteiger partial charge in [-0.3, -0.25) is 14.4 Å².